The van der Waals surface area contributed by atoms with Crippen molar-refractivity contribution in [3.8, 4) is 0 Å². The molecule has 0 atom stereocenters. The summed E-state index contributed by atoms with van der Waals surface area (Å²) in [4.78, 5) is 21.7. The number of hydrogen-bond donors (Lipinski definition) is 2. The first kappa shape index (κ1) is 11.9. The summed E-state index contributed by atoms with van der Waals surface area (Å²) in [6, 6.07) is 0. The van der Waals surface area contributed by atoms with Gasteiger partial charge in [0.25, 0.3) is 0 Å². The number of nitrogens with one attached hydrogen (secondary N) is 2. The number of hydrogen-bond acceptors (Lipinski definition) is 2. The van der Waals surface area contributed by atoms with Crippen LogP contribution in [-0.2, 0) is 9.59 Å². The Morgan fingerprint density at radius 2 is 1.77 bits per heavy atom. The van der Waals surface area contributed by atoms with Crippen molar-refractivity contribution in [2.24, 2.45) is 0 Å². The van der Waals surface area contributed by atoms with Gasteiger partial charge in [-0.15, -0.1) is 0 Å². The Morgan fingerprint density at radius 3 is 2.31 bits per heavy atom. The highest BCUT2D eigenvalue weighted by Gasteiger charge is 1.99. The van der Waals surface area contributed by atoms with Gasteiger partial charge in [0.05, 0.1) is 0 Å². The van der Waals surface area contributed by atoms with Crippen LogP contribution in [-0.4, -0.2) is 24.9 Å². The first-order chi connectivity index (χ1) is 6.20. The minimum absolute atomic E-state index is 0.0379. The lowest BCUT2D eigenvalue weighted by molar-refractivity contribution is -0.122. The van der Waals surface area contributed by atoms with Crippen LogP contribution >= 0.6 is 0 Å². The molecule has 0 fully saturated rings. The maximum atomic E-state index is 10.9. The molecule has 0 bridgehead atoms. The van der Waals surface area contributed by atoms with Gasteiger partial charge < -0.3 is 10.6 Å². The van der Waals surface area contributed by atoms with E-state index in [4.69, 9.17) is 0 Å². The average molecular weight is 186 g/mol. The van der Waals surface area contributed by atoms with Gasteiger partial charge in [-0.3, -0.25) is 9.59 Å². The van der Waals surface area contributed by atoms with Gasteiger partial charge in [-0.05, 0) is 13.3 Å². The zero-order valence-electron chi connectivity index (χ0n) is 8.35. The molecular weight excluding hydrogens is 168 g/mol. The van der Waals surface area contributed by atoms with Crippen molar-refractivity contribution in [1.29, 1.82) is 0 Å². The molecule has 0 aliphatic carbocycles. The first-order valence-electron chi connectivity index (χ1n) is 4.74. The highest BCUT2D eigenvalue weighted by molar-refractivity contribution is 5.76. The molecule has 0 aliphatic heterocycles. The lowest BCUT2D eigenvalue weighted by Gasteiger charge is -2.03. The maximum Gasteiger partial charge on any atom is 0.220 e. The highest BCUT2D eigenvalue weighted by Crippen LogP contribution is 1.87. The van der Waals surface area contributed by atoms with Crippen LogP contribution in [0, 0.1) is 0 Å². The van der Waals surface area contributed by atoms with E-state index >= 15 is 0 Å². The van der Waals surface area contributed by atoms with Crippen molar-refractivity contribution in [2.45, 2.75) is 33.1 Å². The van der Waals surface area contributed by atoms with E-state index in [1.807, 2.05) is 6.92 Å². The Bertz CT molecular complexity index is 169. The molecule has 0 unspecified atom stereocenters. The summed E-state index contributed by atoms with van der Waals surface area (Å²) in [5.74, 6) is 0.0872. The zero-order valence-corrected chi connectivity index (χ0v) is 8.35. The average Bonchev–Trinajstić information content (AvgIpc) is 2.12. The van der Waals surface area contributed by atoms with Crippen LogP contribution in [0.25, 0.3) is 0 Å². The van der Waals surface area contributed by atoms with Crippen molar-refractivity contribution in [2.75, 3.05) is 13.1 Å². The Hall–Kier alpha value is -1.06. The van der Waals surface area contributed by atoms with E-state index in [1.54, 1.807) is 6.92 Å². The maximum absolute atomic E-state index is 10.9. The lowest BCUT2D eigenvalue weighted by atomic mass is 10.3. The van der Waals surface area contributed by atoms with Crippen LogP contribution in [0.2, 0.25) is 0 Å². The van der Waals surface area contributed by atoms with Crippen molar-refractivity contribution >= 4 is 11.8 Å². The number of rotatable bonds is 6. The molecular formula is C9H18N2O2. The largest absolute Gasteiger partial charge is 0.356 e. The quantitative estimate of drug-likeness (QED) is 0.591. The van der Waals surface area contributed by atoms with Gasteiger partial charge in [0.2, 0.25) is 11.8 Å². The molecule has 76 valence electrons. The SMILES string of the molecule is CCNC(=O)CCCNC(=O)CC. The van der Waals surface area contributed by atoms with E-state index in [0.717, 1.165) is 0 Å². The van der Waals surface area contributed by atoms with Crippen molar-refractivity contribution in [3.05, 3.63) is 0 Å². The fourth-order valence-corrected chi connectivity index (χ4v) is 0.887. The molecule has 0 heterocycles. The van der Waals surface area contributed by atoms with Crippen molar-refractivity contribution in [3.63, 3.8) is 0 Å². The molecule has 0 radical (unpaired) electrons. The van der Waals surface area contributed by atoms with Gasteiger partial charge in [0.15, 0.2) is 0 Å². The van der Waals surface area contributed by atoms with Crippen molar-refractivity contribution in [1.82, 2.24) is 10.6 Å². The predicted octanol–water partition coefficient (Wildman–Crippen LogP) is 0.429. The second kappa shape index (κ2) is 7.58. The minimum atomic E-state index is 0.0379. The van der Waals surface area contributed by atoms with E-state index < -0.39 is 0 Å². The zero-order chi connectivity index (χ0) is 10.1. The Kier molecular flexibility index (Phi) is 6.96. The summed E-state index contributed by atoms with van der Waals surface area (Å²) < 4.78 is 0. The molecule has 0 aliphatic rings. The molecule has 0 aromatic heterocycles. The summed E-state index contributed by atoms with van der Waals surface area (Å²) in [6.45, 7) is 4.94. The minimum Gasteiger partial charge on any atom is -0.356 e. The fraction of sp³-hybridized carbons (Fsp3) is 0.778. The topological polar surface area (TPSA) is 58.2 Å². The van der Waals surface area contributed by atoms with E-state index in [2.05, 4.69) is 10.6 Å². The van der Waals surface area contributed by atoms with Gasteiger partial charge in [-0.25, -0.2) is 0 Å². The molecule has 0 rings (SSSR count). The Labute approximate surface area is 79.1 Å². The lowest BCUT2D eigenvalue weighted by Crippen LogP contribution is -2.26. The van der Waals surface area contributed by atoms with Crippen LogP contribution in [0.15, 0.2) is 0 Å². The molecule has 0 aromatic carbocycles. The van der Waals surface area contributed by atoms with E-state index in [1.165, 1.54) is 0 Å². The molecule has 2 N–H and O–H groups in total. The second-order valence-corrected chi connectivity index (χ2v) is 2.76. The molecule has 13 heavy (non-hydrogen) atoms. The fourth-order valence-electron chi connectivity index (χ4n) is 0.887. The van der Waals surface area contributed by atoms with E-state index in [0.29, 0.717) is 32.4 Å². The van der Waals surface area contributed by atoms with Gasteiger partial charge in [-0.2, -0.15) is 0 Å². The summed E-state index contributed by atoms with van der Waals surface area (Å²) in [5.41, 5.74) is 0. The van der Waals surface area contributed by atoms with Crippen LogP contribution in [0.4, 0.5) is 0 Å². The highest BCUT2D eigenvalue weighted by atomic mass is 16.2. The Balaban J connectivity index is 3.25. The summed E-state index contributed by atoms with van der Waals surface area (Å²) in [5, 5.41) is 5.41. The number of carbonyl (C=O) groups excluding carboxylic acids is 2. The molecule has 0 aromatic rings. The summed E-state index contributed by atoms with van der Waals surface area (Å²) in [6.07, 6.45) is 1.69. The summed E-state index contributed by atoms with van der Waals surface area (Å²) in [7, 11) is 0. The van der Waals surface area contributed by atoms with E-state index in [-0.39, 0.29) is 11.8 Å². The standard InChI is InChI=1S/C9H18N2O2/c1-3-8(12)11-7-5-6-9(13)10-4-2/h3-7H2,1-2H3,(H,10,13)(H,11,12). The van der Waals surface area contributed by atoms with Gasteiger partial charge in [0, 0.05) is 25.9 Å². The second-order valence-electron chi connectivity index (χ2n) is 2.76. The molecule has 4 heteroatoms. The molecule has 0 spiro atoms. The number of carbonyl (C=O) groups is 2. The van der Waals surface area contributed by atoms with E-state index in [9.17, 15) is 9.59 Å². The molecule has 4 nitrogen and oxygen atoms in total. The first-order valence-corrected chi connectivity index (χ1v) is 4.74. The van der Waals surface area contributed by atoms with Gasteiger partial charge in [-0.1, -0.05) is 6.92 Å². The smallest absolute Gasteiger partial charge is 0.220 e. The summed E-state index contributed by atoms with van der Waals surface area (Å²) >= 11 is 0. The third kappa shape index (κ3) is 7.31. The van der Waals surface area contributed by atoms with Gasteiger partial charge >= 0.3 is 0 Å². The molecule has 2 amide bonds. The third-order valence-corrected chi connectivity index (χ3v) is 1.60. The van der Waals surface area contributed by atoms with Gasteiger partial charge in [0.1, 0.15) is 0 Å². The monoisotopic (exact) mass is 186 g/mol. The molecule has 0 saturated heterocycles. The van der Waals surface area contributed by atoms with Crippen molar-refractivity contribution < 1.29 is 9.59 Å². The van der Waals surface area contributed by atoms with Crippen LogP contribution in [0.1, 0.15) is 33.1 Å². The normalized spacial score (nSPS) is 9.38. The number of amides is 2. The third-order valence-electron chi connectivity index (χ3n) is 1.60. The van der Waals surface area contributed by atoms with Crippen LogP contribution in [0.3, 0.4) is 0 Å². The molecule has 0 saturated carbocycles. The Morgan fingerprint density at radius 1 is 1.08 bits per heavy atom. The predicted molar refractivity (Wildman–Crippen MR) is 51.2 cm³/mol. The van der Waals surface area contributed by atoms with Crippen LogP contribution in [0.5, 0.6) is 0 Å². The van der Waals surface area contributed by atoms with Crippen LogP contribution < -0.4 is 10.6 Å².